The molecular weight excluding hydrogens is 406 g/mol. The summed E-state index contributed by atoms with van der Waals surface area (Å²) < 4.78 is 4.69. The predicted octanol–water partition coefficient (Wildman–Crippen LogP) is 3.59. The minimum Gasteiger partial charge on any atom is -0.468 e. The van der Waals surface area contributed by atoms with E-state index in [2.05, 4.69) is 44.1 Å². The first kappa shape index (κ1) is 21.1. The van der Waals surface area contributed by atoms with Crippen LogP contribution >= 0.6 is 23.8 Å². The molecule has 0 unspecified atom stereocenters. The van der Waals surface area contributed by atoms with Crippen LogP contribution in [0.5, 0.6) is 0 Å². The first-order valence-electron chi connectivity index (χ1n) is 9.44. The van der Waals surface area contributed by atoms with Gasteiger partial charge in [0.05, 0.1) is 7.11 Å². The number of hydrogen-bond donors (Lipinski definition) is 1. The van der Waals surface area contributed by atoms with Gasteiger partial charge in [0.2, 0.25) is 0 Å². The van der Waals surface area contributed by atoms with Crippen LogP contribution in [0.15, 0.2) is 60.8 Å². The number of esters is 1. The van der Waals surface area contributed by atoms with Gasteiger partial charge in [0, 0.05) is 48.7 Å². The third kappa shape index (κ3) is 5.71. The number of halogens is 1. The Bertz CT molecular complexity index is 863. The Kier molecular flexibility index (Phi) is 7.49. The zero-order chi connectivity index (χ0) is 20.6. The smallest absolute Gasteiger partial charge is 0.325 e. The van der Waals surface area contributed by atoms with Crippen LogP contribution < -0.4 is 10.2 Å². The molecule has 7 heteroatoms. The number of piperazine rings is 1. The van der Waals surface area contributed by atoms with Crippen molar-refractivity contribution in [3.8, 4) is 0 Å². The number of nitrogens with zero attached hydrogens (tertiary/aromatic N) is 2. The normalized spacial score (nSPS) is 14.5. The molecule has 1 N–H and O–H groups in total. The van der Waals surface area contributed by atoms with Gasteiger partial charge in [-0.2, -0.15) is 0 Å². The second-order valence-corrected chi connectivity index (χ2v) is 7.46. The van der Waals surface area contributed by atoms with Crippen LogP contribution in [-0.4, -0.2) is 55.7 Å². The van der Waals surface area contributed by atoms with Crippen molar-refractivity contribution in [3.05, 3.63) is 71.4 Å². The number of hydrogen-bond acceptors (Lipinski definition) is 5. The fourth-order valence-corrected chi connectivity index (χ4v) is 3.67. The van der Waals surface area contributed by atoms with Crippen molar-refractivity contribution in [2.75, 3.05) is 44.7 Å². The average Bonchev–Trinajstić information content (AvgIpc) is 2.77. The van der Waals surface area contributed by atoms with E-state index in [-0.39, 0.29) is 12.5 Å². The van der Waals surface area contributed by atoms with Crippen molar-refractivity contribution in [2.45, 2.75) is 0 Å². The van der Waals surface area contributed by atoms with Gasteiger partial charge in [0.15, 0.2) is 0 Å². The molecule has 0 amide bonds. The van der Waals surface area contributed by atoms with Crippen molar-refractivity contribution >= 4 is 46.0 Å². The van der Waals surface area contributed by atoms with E-state index in [1.165, 1.54) is 12.8 Å². The van der Waals surface area contributed by atoms with E-state index in [4.69, 9.17) is 23.8 Å². The van der Waals surface area contributed by atoms with Crippen molar-refractivity contribution in [2.24, 2.45) is 0 Å². The number of carbonyl (C=O) groups excluding carboxylic acids is 1. The fraction of sp³-hybridized carbons (Fsp3) is 0.273. The molecule has 5 nitrogen and oxygen atoms in total. The molecule has 29 heavy (non-hydrogen) atoms. The highest BCUT2D eigenvalue weighted by atomic mass is 35.5. The molecule has 2 aromatic carbocycles. The van der Waals surface area contributed by atoms with Crippen LogP contribution in [0.4, 0.5) is 5.69 Å². The molecule has 1 heterocycles. The summed E-state index contributed by atoms with van der Waals surface area (Å²) in [6, 6.07) is 17.9. The highest BCUT2D eigenvalue weighted by Crippen LogP contribution is 2.23. The Hall–Kier alpha value is -2.57. The van der Waals surface area contributed by atoms with E-state index in [0.29, 0.717) is 5.02 Å². The van der Waals surface area contributed by atoms with Gasteiger partial charge in [-0.3, -0.25) is 4.79 Å². The molecule has 2 aromatic rings. The fourth-order valence-electron chi connectivity index (χ4n) is 3.18. The van der Waals surface area contributed by atoms with Crippen LogP contribution in [0.2, 0.25) is 5.02 Å². The van der Waals surface area contributed by atoms with Crippen LogP contribution in [0, 0.1) is 0 Å². The molecule has 0 atom stereocenters. The van der Waals surface area contributed by atoms with Gasteiger partial charge in [-0.05, 0) is 29.8 Å². The number of nitrogens with one attached hydrogen (secondary N) is 1. The Morgan fingerprint density at radius 1 is 1.10 bits per heavy atom. The molecule has 0 spiro atoms. The Morgan fingerprint density at radius 3 is 2.38 bits per heavy atom. The molecule has 0 bridgehead atoms. The first-order valence-corrected chi connectivity index (χ1v) is 10.2. The van der Waals surface area contributed by atoms with Crippen molar-refractivity contribution < 1.29 is 9.53 Å². The van der Waals surface area contributed by atoms with Crippen LogP contribution in [0.3, 0.4) is 0 Å². The third-order valence-corrected chi connectivity index (χ3v) is 5.52. The lowest BCUT2D eigenvalue weighted by molar-refractivity contribution is -0.139. The molecule has 1 saturated heterocycles. The maximum atomic E-state index is 11.4. The maximum absolute atomic E-state index is 11.4. The summed E-state index contributed by atoms with van der Waals surface area (Å²) in [6.45, 7) is 3.53. The van der Waals surface area contributed by atoms with E-state index < -0.39 is 0 Å². The number of para-hydroxylation sites is 1. The minimum absolute atomic E-state index is 0.0813. The van der Waals surface area contributed by atoms with Crippen molar-refractivity contribution in [1.29, 1.82) is 0 Å². The Morgan fingerprint density at radius 2 is 1.76 bits per heavy atom. The number of ether oxygens (including phenoxy) is 1. The lowest BCUT2D eigenvalue weighted by Gasteiger charge is -2.38. The quantitative estimate of drug-likeness (QED) is 0.430. The van der Waals surface area contributed by atoms with Gasteiger partial charge in [-0.15, -0.1) is 0 Å². The van der Waals surface area contributed by atoms with Crippen molar-refractivity contribution in [1.82, 2.24) is 10.2 Å². The van der Waals surface area contributed by atoms with Gasteiger partial charge in [0.25, 0.3) is 0 Å². The summed E-state index contributed by atoms with van der Waals surface area (Å²) in [5.41, 5.74) is 3.03. The summed E-state index contributed by atoms with van der Waals surface area (Å²) in [5, 5.41) is 3.67. The molecule has 0 radical (unpaired) electrons. The average molecular weight is 430 g/mol. The lowest BCUT2D eigenvalue weighted by atomic mass is 10.1. The molecule has 0 aromatic heterocycles. The summed E-state index contributed by atoms with van der Waals surface area (Å²) in [6.07, 6.45) is 1.78. The van der Waals surface area contributed by atoms with Crippen LogP contribution in [-0.2, 0) is 9.53 Å². The number of benzene rings is 2. The Balaban J connectivity index is 1.71. The van der Waals surface area contributed by atoms with Crippen LogP contribution in [0.25, 0.3) is 5.57 Å². The second-order valence-electron chi connectivity index (χ2n) is 6.64. The third-order valence-electron chi connectivity index (χ3n) is 4.79. The second kappa shape index (κ2) is 10.3. The molecule has 0 aliphatic carbocycles. The molecule has 3 rings (SSSR count). The highest BCUT2D eigenvalue weighted by molar-refractivity contribution is 7.81. The predicted molar refractivity (Wildman–Crippen MR) is 122 cm³/mol. The largest absolute Gasteiger partial charge is 0.468 e. The standard InChI is InChI=1S/C22H24ClN3O2S/c1-28-21(27)16-24-15-20(17-7-9-18(23)10-8-17)22(29)26-13-11-25(12-14-26)19-5-3-2-4-6-19/h2-10,15,24H,11-14,16H2,1H3/b20-15+. The number of carbonyl (C=O) groups is 1. The zero-order valence-corrected chi connectivity index (χ0v) is 17.9. The molecule has 1 fully saturated rings. The number of thiocarbonyl (C=S) groups is 1. The SMILES string of the molecule is COC(=O)CN/C=C(/C(=S)N1CCN(c2ccccc2)CC1)c1ccc(Cl)cc1. The first-order chi connectivity index (χ1) is 14.1. The highest BCUT2D eigenvalue weighted by Gasteiger charge is 2.22. The lowest BCUT2D eigenvalue weighted by Crippen LogP contribution is -2.48. The molecule has 152 valence electrons. The maximum Gasteiger partial charge on any atom is 0.325 e. The Labute approximate surface area is 181 Å². The van der Waals surface area contributed by atoms with Crippen LogP contribution in [0.1, 0.15) is 5.56 Å². The summed E-state index contributed by atoms with van der Waals surface area (Å²) in [5.74, 6) is -0.334. The topological polar surface area (TPSA) is 44.8 Å². The molecule has 0 saturated carbocycles. The van der Waals surface area contributed by atoms with Gasteiger partial charge < -0.3 is 19.9 Å². The van der Waals surface area contributed by atoms with Gasteiger partial charge in [0.1, 0.15) is 11.5 Å². The van der Waals surface area contributed by atoms with Gasteiger partial charge in [-0.1, -0.05) is 54.2 Å². The monoisotopic (exact) mass is 429 g/mol. The van der Waals surface area contributed by atoms with E-state index in [9.17, 15) is 4.79 Å². The van der Waals surface area contributed by atoms with Crippen molar-refractivity contribution in [3.63, 3.8) is 0 Å². The van der Waals surface area contributed by atoms with E-state index >= 15 is 0 Å². The van der Waals surface area contributed by atoms with E-state index in [1.807, 2.05) is 30.3 Å². The van der Waals surface area contributed by atoms with E-state index in [1.54, 1.807) is 6.20 Å². The van der Waals surface area contributed by atoms with E-state index in [0.717, 1.165) is 42.3 Å². The summed E-state index contributed by atoms with van der Waals surface area (Å²) in [4.78, 5) is 16.7. The molecule has 1 aliphatic heterocycles. The summed E-state index contributed by atoms with van der Waals surface area (Å²) in [7, 11) is 1.37. The molecular formula is C22H24ClN3O2S. The van der Waals surface area contributed by atoms with Gasteiger partial charge in [-0.25, -0.2) is 0 Å². The minimum atomic E-state index is -0.334. The summed E-state index contributed by atoms with van der Waals surface area (Å²) >= 11 is 11.9. The number of methoxy groups -OCH3 is 1. The number of rotatable bonds is 6. The number of anilines is 1. The van der Waals surface area contributed by atoms with Gasteiger partial charge >= 0.3 is 5.97 Å². The zero-order valence-electron chi connectivity index (χ0n) is 16.3. The molecule has 1 aliphatic rings.